The lowest BCUT2D eigenvalue weighted by Crippen LogP contribution is -2.31. The van der Waals surface area contributed by atoms with Gasteiger partial charge >= 0.3 is 11.2 Å². The fourth-order valence-electron chi connectivity index (χ4n) is 1.22. The molecule has 1 aromatic heterocycles. The summed E-state index contributed by atoms with van der Waals surface area (Å²) in [7, 11) is 0. The van der Waals surface area contributed by atoms with Gasteiger partial charge in [-0.05, 0) is 15.9 Å². The summed E-state index contributed by atoms with van der Waals surface area (Å²) in [4.78, 5) is 33.5. The summed E-state index contributed by atoms with van der Waals surface area (Å²) in [5.74, 6) is -0.169. The molecule has 0 N–H and O–H groups in total. The topological polar surface area (TPSA) is 82.2 Å². The second-order valence-corrected chi connectivity index (χ2v) is 5.82. The Morgan fingerprint density at radius 3 is 2.50 bits per heavy atom. The minimum Gasteiger partial charge on any atom is -0.301 e. The molecular weight excluding hydrogens is 304 g/mol. The molecule has 0 aliphatic carbocycles. The van der Waals surface area contributed by atoms with E-state index >= 15 is 0 Å². The molecule has 0 saturated carbocycles. The van der Waals surface area contributed by atoms with Crippen molar-refractivity contribution in [2.75, 3.05) is 0 Å². The molecule has 0 bridgehead atoms. The van der Waals surface area contributed by atoms with Crippen molar-refractivity contribution in [1.82, 2.24) is 4.57 Å². The molecule has 18 heavy (non-hydrogen) atoms. The first-order chi connectivity index (χ1) is 8.12. The van der Waals surface area contributed by atoms with Crippen LogP contribution < -0.4 is 5.56 Å². The van der Waals surface area contributed by atoms with Crippen molar-refractivity contribution in [2.24, 2.45) is 5.41 Å². The predicted molar refractivity (Wildman–Crippen MR) is 69.5 cm³/mol. The molecule has 98 valence electrons. The molecule has 6 nitrogen and oxygen atoms in total. The Labute approximate surface area is 112 Å². The number of rotatable bonds is 3. The molecule has 1 heterocycles. The summed E-state index contributed by atoms with van der Waals surface area (Å²) >= 11 is 3.08. The number of aromatic nitrogens is 1. The van der Waals surface area contributed by atoms with Gasteiger partial charge in [-0.15, -0.1) is 0 Å². The van der Waals surface area contributed by atoms with Gasteiger partial charge in [0.2, 0.25) is 0 Å². The highest BCUT2D eigenvalue weighted by atomic mass is 79.9. The van der Waals surface area contributed by atoms with E-state index in [1.807, 2.05) is 0 Å². The third-order valence-corrected chi connectivity index (χ3v) is 2.81. The van der Waals surface area contributed by atoms with Crippen LogP contribution in [0, 0.1) is 15.5 Å². The number of Topliss-reactive ketones (excluding diaryl/α,β-unsaturated/α-hetero) is 1. The average Bonchev–Trinajstić information content (AvgIpc) is 2.21. The van der Waals surface area contributed by atoms with Crippen LogP contribution in [0.3, 0.4) is 0 Å². The van der Waals surface area contributed by atoms with Crippen LogP contribution in [0.15, 0.2) is 21.5 Å². The van der Waals surface area contributed by atoms with Crippen molar-refractivity contribution in [3.63, 3.8) is 0 Å². The Kier molecular flexibility index (Phi) is 4.05. The van der Waals surface area contributed by atoms with E-state index in [9.17, 15) is 19.7 Å². The summed E-state index contributed by atoms with van der Waals surface area (Å²) in [6, 6.07) is 1.13. The van der Waals surface area contributed by atoms with Crippen molar-refractivity contribution in [3.8, 4) is 0 Å². The monoisotopic (exact) mass is 316 g/mol. The molecule has 0 aromatic carbocycles. The molecule has 1 aromatic rings. The van der Waals surface area contributed by atoms with Crippen LogP contribution in [0.2, 0.25) is 0 Å². The first-order valence-corrected chi connectivity index (χ1v) is 6.00. The lowest BCUT2D eigenvalue weighted by molar-refractivity contribution is -0.386. The van der Waals surface area contributed by atoms with E-state index in [0.29, 0.717) is 4.47 Å². The number of halogens is 1. The van der Waals surface area contributed by atoms with Crippen LogP contribution in [-0.4, -0.2) is 15.3 Å². The van der Waals surface area contributed by atoms with Gasteiger partial charge < -0.3 is 4.57 Å². The highest BCUT2D eigenvalue weighted by molar-refractivity contribution is 9.10. The zero-order valence-corrected chi connectivity index (χ0v) is 11.9. The predicted octanol–water partition coefficient (Wildman–Crippen LogP) is 2.13. The van der Waals surface area contributed by atoms with E-state index < -0.39 is 21.6 Å². The van der Waals surface area contributed by atoms with E-state index in [1.54, 1.807) is 20.8 Å². The van der Waals surface area contributed by atoms with Crippen LogP contribution in [0.1, 0.15) is 20.8 Å². The van der Waals surface area contributed by atoms with Crippen molar-refractivity contribution in [3.05, 3.63) is 37.2 Å². The highest BCUT2D eigenvalue weighted by Crippen LogP contribution is 2.17. The van der Waals surface area contributed by atoms with Crippen LogP contribution in [0.25, 0.3) is 0 Å². The summed E-state index contributed by atoms with van der Waals surface area (Å²) < 4.78 is 1.44. The Hall–Kier alpha value is -1.50. The smallest absolute Gasteiger partial charge is 0.301 e. The number of pyridine rings is 1. The second kappa shape index (κ2) is 5.01. The van der Waals surface area contributed by atoms with Crippen molar-refractivity contribution < 1.29 is 9.72 Å². The molecular formula is C11H13BrN2O4. The third-order valence-electron chi connectivity index (χ3n) is 2.38. The maximum atomic E-state index is 11.8. The Morgan fingerprint density at radius 1 is 1.50 bits per heavy atom. The van der Waals surface area contributed by atoms with Crippen molar-refractivity contribution in [1.29, 1.82) is 0 Å². The summed E-state index contributed by atoms with van der Waals surface area (Å²) in [5.41, 5.74) is -1.93. The molecule has 0 aliphatic heterocycles. The lowest BCUT2D eigenvalue weighted by Gasteiger charge is -2.17. The van der Waals surface area contributed by atoms with Gasteiger partial charge in [0.15, 0.2) is 5.78 Å². The minimum absolute atomic E-state index is 0.169. The van der Waals surface area contributed by atoms with E-state index in [1.165, 1.54) is 6.20 Å². The first kappa shape index (κ1) is 14.6. The van der Waals surface area contributed by atoms with Gasteiger partial charge in [0, 0.05) is 22.2 Å². The summed E-state index contributed by atoms with van der Waals surface area (Å²) in [5, 5.41) is 10.7. The van der Waals surface area contributed by atoms with Crippen molar-refractivity contribution in [2.45, 2.75) is 27.3 Å². The van der Waals surface area contributed by atoms with Gasteiger partial charge in [-0.2, -0.15) is 0 Å². The molecule has 0 fully saturated rings. The van der Waals surface area contributed by atoms with Crippen LogP contribution in [-0.2, 0) is 11.3 Å². The maximum Gasteiger partial charge on any atom is 0.335 e. The number of nitro groups is 1. The molecule has 1 rings (SSSR count). The summed E-state index contributed by atoms with van der Waals surface area (Å²) in [6.45, 7) is 5.01. The van der Waals surface area contributed by atoms with Gasteiger partial charge in [-0.25, -0.2) is 0 Å². The average molecular weight is 317 g/mol. The molecule has 0 unspecified atom stereocenters. The molecule has 0 aliphatic rings. The van der Waals surface area contributed by atoms with Gasteiger partial charge in [0.05, 0.1) is 11.5 Å². The normalized spacial score (nSPS) is 11.3. The Morgan fingerprint density at radius 2 is 2.06 bits per heavy atom. The molecule has 0 atom stereocenters. The zero-order chi connectivity index (χ0) is 14.1. The number of nitrogens with zero attached hydrogens (tertiary/aromatic N) is 2. The Balaban J connectivity index is 3.23. The Bertz CT molecular complexity index is 557. The SMILES string of the molecule is CC(C)(C)C(=O)Cn1cc(Br)cc([N+](=O)[O-])c1=O. The zero-order valence-electron chi connectivity index (χ0n) is 10.3. The lowest BCUT2D eigenvalue weighted by atomic mass is 9.91. The van der Waals surface area contributed by atoms with Gasteiger partial charge in [0.25, 0.3) is 0 Å². The molecule has 0 amide bonds. The fourth-order valence-corrected chi connectivity index (χ4v) is 1.69. The van der Waals surface area contributed by atoms with Crippen LogP contribution in [0.4, 0.5) is 5.69 Å². The highest BCUT2D eigenvalue weighted by Gasteiger charge is 2.24. The van der Waals surface area contributed by atoms with E-state index in [2.05, 4.69) is 15.9 Å². The van der Waals surface area contributed by atoms with E-state index in [-0.39, 0.29) is 12.3 Å². The van der Waals surface area contributed by atoms with E-state index in [4.69, 9.17) is 0 Å². The number of hydrogen-bond acceptors (Lipinski definition) is 4. The van der Waals surface area contributed by atoms with Gasteiger partial charge in [0.1, 0.15) is 0 Å². The number of hydrogen-bond donors (Lipinski definition) is 0. The first-order valence-electron chi connectivity index (χ1n) is 5.20. The molecule has 0 spiro atoms. The van der Waals surface area contributed by atoms with Crippen molar-refractivity contribution >= 4 is 27.4 Å². The number of carbonyl (C=O) groups is 1. The van der Waals surface area contributed by atoms with Crippen LogP contribution in [0.5, 0.6) is 0 Å². The van der Waals surface area contributed by atoms with Gasteiger partial charge in [-0.1, -0.05) is 20.8 Å². The number of carbonyl (C=O) groups excluding carboxylic acids is 1. The van der Waals surface area contributed by atoms with E-state index in [0.717, 1.165) is 10.6 Å². The molecule has 7 heteroatoms. The molecule has 0 saturated heterocycles. The third kappa shape index (κ3) is 3.25. The quantitative estimate of drug-likeness (QED) is 0.631. The summed E-state index contributed by atoms with van der Waals surface area (Å²) in [6.07, 6.45) is 1.37. The fraction of sp³-hybridized carbons (Fsp3) is 0.455. The maximum absolute atomic E-state index is 11.8. The molecule has 0 radical (unpaired) electrons. The largest absolute Gasteiger partial charge is 0.335 e. The van der Waals surface area contributed by atoms with Crippen LogP contribution >= 0.6 is 15.9 Å². The number of ketones is 1. The minimum atomic E-state index is -0.777. The standard InChI is InChI=1S/C11H13BrN2O4/c1-11(2,3)9(15)6-13-5-7(12)4-8(10(13)16)14(17)18/h4-5H,6H2,1-3H3. The second-order valence-electron chi connectivity index (χ2n) is 4.91. The van der Waals surface area contributed by atoms with Gasteiger partial charge in [-0.3, -0.25) is 19.7 Å².